The average molecular weight is 469 g/mol. The Kier molecular flexibility index (Phi) is 6.80. The first-order chi connectivity index (χ1) is 16.5. The summed E-state index contributed by atoms with van der Waals surface area (Å²) in [6.45, 7) is 2.77. The van der Waals surface area contributed by atoms with Gasteiger partial charge in [0.2, 0.25) is 17.7 Å². The smallest absolute Gasteiger partial charge is 0.275 e. The van der Waals surface area contributed by atoms with Crippen molar-refractivity contribution >= 4 is 5.91 Å². The summed E-state index contributed by atoms with van der Waals surface area (Å²) in [5, 5.41) is 18.6. The molecule has 1 fully saturated rings. The molecule has 34 heavy (non-hydrogen) atoms. The van der Waals surface area contributed by atoms with Crippen LogP contribution in [0.3, 0.4) is 0 Å². The Morgan fingerprint density at radius 2 is 1.88 bits per heavy atom. The van der Waals surface area contributed by atoms with Crippen molar-refractivity contribution in [3.05, 3.63) is 40.3 Å². The van der Waals surface area contributed by atoms with Gasteiger partial charge < -0.3 is 23.9 Å². The average Bonchev–Trinajstić information content (AvgIpc) is 3.46. The molecule has 11 nitrogen and oxygen atoms in total. The van der Waals surface area contributed by atoms with Crippen molar-refractivity contribution in [2.45, 2.75) is 45.6 Å². The second-order valence-electron chi connectivity index (χ2n) is 7.90. The zero-order valence-electron chi connectivity index (χ0n) is 19.4. The van der Waals surface area contributed by atoms with Gasteiger partial charge in [0.1, 0.15) is 23.0 Å². The van der Waals surface area contributed by atoms with Crippen molar-refractivity contribution < 1.29 is 23.8 Å². The van der Waals surface area contributed by atoms with Crippen molar-refractivity contribution in [1.82, 2.24) is 24.6 Å². The van der Waals surface area contributed by atoms with Crippen LogP contribution in [-0.4, -0.2) is 56.4 Å². The molecule has 1 aliphatic rings. The number of benzene rings is 1. The van der Waals surface area contributed by atoms with Crippen LogP contribution in [0, 0.1) is 0 Å². The summed E-state index contributed by atoms with van der Waals surface area (Å²) in [6.07, 6.45) is 3.31. The third-order valence-corrected chi connectivity index (χ3v) is 5.69. The lowest BCUT2D eigenvalue weighted by Gasteiger charge is -2.18. The van der Waals surface area contributed by atoms with Crippen LogP contribution >= 0.6 is 0 Å². The summed E-state index contributed by atoms with van der Waals surface area (Å²) in [5.41, 5.74) is -0.478. The van der Waals surface area contributed by atoms with Crippen molar-refractivity contribution in [3.63, 3.8) is 0 Å². The van der Waals surface area contributed by atoms with Gasteiger partial charge in [-0.2, -0.15) is 4.98 Å². The number of unbranched alkanes of at least 4 members (excludes halogenated alkanes) is 1. The van der Waals surface area contributed by atoms with Gasteiger partial charge in [0.25, 0.3) is 11.4 Å². The Morgan fingerprint density at radius 1 is 1.15 bits per heavy atom. The zero-order valence-corrected chi connectivity index (χ0v) is 19.4. The summed E-state index contributed by atoms with van der Waals surface area (Å²) in [5.74, 6) is 0.636. The number of para-hydroxylation sites is 1. The first-order valence-electron chi connectivity index (χ1n) is 11.1. The van der Waals surface area contributed by atoms with E-state index >= 15 is 0 Å². The second kappa shape index (κ2) is 9.94. The number of aromatic nitrogens is 4. The Morgan fingerprint density at radius 3 is 2.50 bits per heavy atom. The van der Waals surface area contributed by atoms with E-state index in [1.165, 1.54) is 18.8 Å². The van der Waals surface area contributed by atoms with Crippen LogP contribution in [-0.2, 0) is 17.8 Å². The maximum atomic E-state index is 13.8. The highest BCUT2D eigenvalue weighted by Crippen LogP contribution is 2.34. The Hall–Kier alpha value is -3.89. The second-order valence-corrected chi connectivity index (χ2v) is 7.90. The van der Waals surface area contributed by atoms with Crippen LogP contribution in [0.25, 0.3) is 17.1 Å². The van der Waals surface area contributed by atoms with E-state index in [0.717, 1.165) is 19.3 Å². The van der Waals surface area contributed by atoms with Gasteiger partial charge in [-0.15, -0.1) is 10.2 Å². The molecule has 1 amide bonds. The molecule has 3 aromatic rings. The molecule has 0 unspecified atom stereocenters. The predicted octanol–water partition coefficient (Wildman–Crippen LogP) is 2.47. The number of carbonyl (C=O) groups is 1. The molecule has 1 aromatic carbocycles. The minimum atomic E-state index is -0.603. The van der Waals surface area contributed by atoms with Crippen LogP contribution in [0.5, 0.6) is 17.4 Å². The molecule has 0 aliphatic carbocycles. The number of ether oxygens (including phenoxy) is 2. The van der Waals surface area contributed by atoms with E-state index in [2.05, 4.69) is 15.2 Å². The van der Waals surface area contributed by atoms with Crippen LogP contribution in [0.4, 0.5) is 0 Å². The third-order valence-electron chi connectivity index (χ3n) is 5.69. The van der Waals surface area contributed by atoms with Gasteiger partial charge in [-0.1, -0.05) is 19.4 Å². The zero-order chi connectivity index (χ0) is 24.2. The normalized spacial score (nSPS) is 13.5. The van der Waals surface area contributed by atoms with E-state index in [1.54, 1.807) is 23.1 Å². The Bertz CT molecular complexity index is 1230. The van der Waals surface area contributed by atoms with Gasteiger partial charge in [-0.3, -0.25) is 14.2 Å². The lowest BCUT2D eigenvalue weighted by Crippen LogP contribution is -2.26. The number of hydrogen-bond acceptors (Lipinski definition) is 9. The Labute approximate surface area is 196 Å². The third kappa shape index (κ3) is 4.33. The number of amides is 1. The van der Waals surface area contributed by atoms with E-state index in [4.69, 9.17) is 13.9 Å². The van der Waals surface area contributed by atoms with E-state index in [1.807, 2.05) is 6.92 Å². The molecule has 11 heteroatoms. The van der Waals surface area contributed by atoms with Crippen LogP contribution < -0.4 is 15.0 Å². The quantitative estimate of drug-likeness (QED) is 0.502. The summed E-state index contributed by atoms with van der Waals surface area (Å²) >= 11 is 0. The van der Waals surface area contributed by atoms with Crippen LogP contribution in [0.1, 0.15) is 44.3 Å². The summed E-state index contributed by atoms with van der Waals surface area (Å²) in [4.78, 5) is 31.6. The van der Waals surface area contributed by atoms with E-state index in [0.29, 0.717) is 42.4 Å². The highest BCUT2D eigenvalue weighted by Gasteiger charge is 2.27. The minimum Gasteiger partial charge on any atom is -0.494 e. The van der Waals surface area contributed by atoms with E-state index < -0.39 is 11.4 Å². The number of aryl methyl sites for hydroxylation is 1. The molecule has 180 valence electrons. The van der Waals surface area contributed by atoms with Gasteiger partial charge in [-0.05, 0) is 25.0 Å². The molecule has 0 radical (unpaired) electrons. The lowest BCUT2D eigenvalue weighted by molar-refractivity contribution is -0.128. The van der Waals surface area contributed by atoms with Crippen molar-refractivity contribution in [2.75, 3.05) is 20.8 Å². The fourth-order valence-electron chi connectivity index (χ4n) is 3.98. The molecule has 0 bridgehead atoms. The first kappa shape index (κ1) is 23.3. The molecule has 0 saturated carbocycles. The maximum Gasteiger partial charge on any atom is 0.275 e. The fraction of sp³-hybridized carbons (Fsp3) is 0.435. The molecular formula is C23H27N5O6. The largest absolute Gasteiger partial charge is 0.494 e. The molecular weight excluding hydrogens is 442 g/mol. The first-order valence-corrected chi connectivity index (χ1v) is 11.1. The number of carbonyl (C=O) groups excluding carboxylic acids is 1. The molecule has 0 atom stereocenters. The molecule has 1 aliphatic heterocycles. The number of hydrogen-bond donors (Lipinski definition) is 1. The minimum absolute atomic E-state index is 0.00941. The van der Waals surface area contributed by atoms with Crippen molar-refractivity contribution in [2.24, 2.45) is 0 Å². The van der Waals surface area contributed by atoms with Gasteiger partial charge in [0, 0.05) is 19.4 Å². The topological polar surface area (TPSA) is 133 Å². The Balaban J connectivity index is 1.86. The van der Waals surface area contributed by atoms with E-state index in [9.17, 15) is 14.7 Å². The van der Waals surface area contributed by atoms with Crippen LogP contribution in [0.15, 0.2) is 27.4 Å². The summed E-state index contributed by atoms with van der Waals surface area (Å²) in [6, 6.07) is 5.16. The molecule has 0 spiro atoms. The number of rotatable bonds is 9. The highest BCUT2D eigenvalue weighted by molar-refractivity contribution is 5.77. The summed E-state index contributed by atoms with van der Waals surface area (Å²) in [7, 11) is 2.99. The monoisotopic (exact) mass is 469 g/mol. The van der Waals surface area contributed by atoms with Crippen molar-refractivity contribution in [3.8, 4) is 34.5 Å². The molecule has 1 saturated heterocycles. The van der Waals surface area contributed by atoms with Crippen molar-refractivity contribution in [1.29, 1.82) is 0 Å². The predicted molar refractivity (Wildman–Crippen MR) is 121 cm³/mol. The standard InChI is InChI=1S/C23H27N5O6/c1-4-5-10-16-24-21(30)19(22-26-25-17(34-22)13-27-12-7-11-18(27)29)23(31)28(16)20-14(32-2)8-6-9-15(20)33-3/h6,8-9,30H,4-5,7,10-13H2,1-3H3. The maximum absolute atomic E-state index is 13.8. The molecule has 1 N–H and O–H groups in total. The molecule has 2 aromatic heterocycles. The van der Waals surface area contributed by atoms with Gasteiger partial charge >= 0.3 is 0 Å². The highest BCUT2D eigenvalue weighted by atomic mass is 16.5. The van der Waals surface area contributed by atoms with Gasteiger partial charge in [-0.25, -0.2) is 0 Å². The fourth-order valence-corrected chi connectivity index (χ4v) is 3.98. The molecule has 4 rings (SSSR count). The van der Waals surface area contributed by atoms with E-state index in [-0.39, 0.29) is 29.8 Å². The van der Waals surface area contributed by atoms with Gasteiger partial charge in [0.15, 0.2) is 5.56 Å². The number of aromatic hydroxyl groups is 1. The van der Waals surface area contributed by atoms with Gasteiger partial charge in [0.05, 0.1) is 20.8 Å². The number of likely N-dealkylation sites (tertiary alicyclic amines) is 1. The van der Waals surface area contributed by atoms with Crippen LogP contribution in [0.2, 0.25) is 0 Å². The summed E-state index contributed by atoms with van der Waals surface area (Å²) < 4.78 is 18.0. The SMILES string of the molecule is CCCCc1nc(O)c(-c2nnc(CN3CCCC3=O)o2)c(=O)n1-c1c(OC)cccc1OC. The number of nitrogens with zero attached hydrogens (tertiary/aromatic N) is 5. The lowest BCUT2D eigenvalue weighted by atomic mass is 10.2. The molecule has 3 heterocycles. The number of methoxy groups -OCH3 is 2.